The maximum Gasteiger partial charge on any atom is 0.263 e. The number of nitrogens with zero attached hydrogens (tertiary/aromatic N) is 2. The molecule has 0 amide bonds. The van der Waals surface area contributed by atoms with E-state index in [1.165, 1.54) is 23.0 Å². The number of aromatic nitrogens is 2. The van der Waals surface area contributed by atoms with Gasteiger partial charge in [0.1, 0.15) is 5.82 Å². The normalized spacial score (nSPS) is 11.5. The molecule has 0 saturated carbocycles. The molecule has 0 aliphatic carbocycles. The molecule has 1 aromatic heterocycles. The molecule has 10 heteroatoms. The molecule has 26 heavy (non-hydrogen) atoms. The highest BCUT2D eigenvalue weighted by molar-refractivity contribution is 9.10. The van der Waals surface area contributed by atoms with Crippen molar-refractivity contribution in [1.82, 2.24) is 9.78 Å². The van der Waals surface area contributed by atoms with Crippen LogP contribution in [0.3, 0.4) is 0 Å². The Labute approximate surface area is 155 Å². The topological polar surface area (TPSA) is 64.0 Å². The molecule has 0 spiro atoms. The minimum Gasteiger partial charge on any atom is -0.265 e. The molecule has 0 bridgehead atoms. The zero-order chi connectivity index (χ0) is 18.9. The van der Waals surface area contributed by atoms with Crippen molar-refractivity contribution in [2.75, 3.05) is 4.72 Å². The molecular weight excluding hydrogens is 435 g/mol. The van der Waals surface area contributed by atoms with Gasteiger partial charge in [-0.2, -0.15) is 5.10 Å². The zero-order valence-electron chi connectivity index (χ0n) is 13.0. The maximum absolute atomic E-state index is 13.3. The van der Waals surface area contributed by atoms with Gasteiger partial charge in [-0.15, -0.1) is 0 Å². The van der Waals surface area contributed by atoms with Crippen LogP contribution in [0.2, 0.25) is 0 Å². The van der Waals surface area contributed by atoms with Gasteiger partial charge < -0.3 is 0 Å². The highest BCUT2D eigenvalue weighted by Gasteiger charge is 2.20. The van der Waals surface area contributed by atoms with E-state index in [1.54, 1.807) is 12.1 Å². The Morgan fingerprint density at radius 2 is 1.73 bits per heavy atom. The number of anilines is 1. The van der Waals surface area contributed by atoms with Gasteiger partial charge in [-0.1, -0.05) is 12.1 Å². The van der Waals surface area contributed by atoms with Crippen LogP contribution in [0.1, 0.15) is 5.56 Å². The van der Waals surface area contributed by atoms with Crippen molar-refractivity contribution in [3.05, 3.63) is 76.1 Å². The summed E-state index contributed by atoms with van der Waals surface area (Å²) >= 11 is 3.19. The molecule has 0 fully saturated rings. The van der Waals surface area contributed by atoms with Crippen molar-refractivity contribution in [3.8, 4) is 0 Å². The molecule has 0 aliphatic rings. The van der Waals surface area contributed by atoms with Crippen LogP contribution in [-0.4, -0.2) is 18.2 Å². The first-order valence-electron chi connectivity index (χ1n) is 7.20. The molecule has 136 valence electrons. The smallest absolute Gasteiger partial charge is 0.263 e. The molecular formula is C16H11BrF3N3O2S. The summed E-state index contributed by atoms with van der Waals surface area (Å²) in [5, 5.41) is 4.10. The summed E-state index contributed by atoms with van der Waals surface area (Å²) < 4.78 is 67.8. The second kappa shape index (κ2) is 7.12. The SMILES string of the molecule is O=S(=O)(Nc1nn(Cc2ccc(F)cc2)cc1Br)c1ccc(F)c(F)c1. The summed E-state index contributed by atoms with van der Waals surface area (Å²) in [4.78, 5) is -0.434. The number of nitrogens with one attached hydrogen (secondary N) is 1. The molecule has 3 aromatic rings. The van der Waals surface area contributed by atoms with E-state index in [1.807, 2.05) is 0 Å². The van der Waals surface area contributed by atoms with Crippen molar-refractivity contribution < 1.29 is 21.6 Å². The zero-order valence-corrected chi connectivity index (χ0v) is 15.4. The Morgan fingerprint density at radius 1 is 1.04 bits per heavy atom. The summed E-state index contributed by atoms with van der Waals surface area (Å²) in [6, 6.07) is 8.03. The van der Waals surface area contributed by atoms with Crippen molar-refractivity contribution in [2.24, 2.45) is 0 Å². The Morgan fingerprint density at radius 3 is 2.38 bits per heavy atom. The lowest BCUT2D eigenvalue weighted by Crippen LogP contribution is -2.14. The minimum absolute atomic E-state index is 0.0168. The van der Waals surface area contributed by atoms with Gasteiger partial charge >= 0.3 is 0 Å². The Hall–Kier alpha value is -2.33. The van der Waals surface area contributed by atoms with Crippen molar-refractivity contribution >= 4 is 31.8 Å². The third-order valence-corrected chi connectivity index (χ3v) is 5.32. The molecule has 0 atom stereocenters. The second-order valence-corrected chi connectivity index (χ2v) is 7.87. The second-order valence-electron chi connectivity index (χ2n) is 5.33. The number of rotatable bonds is 5. The van der Waals surface area contributed by atoms with E-state index in [0.29, 0.717) is 10.5 Å². The summed E-state index contributed by atoms with van der Waals surface area (Å²) in [6.45, 7) is 0.284. The van der Waals surface area contributed by atoms with E-state index in [-0.39, 0.29) is 18.2 Å². The lowest BCUT2D eigenvalue weighted by Gasteiger charge is -2.06. The van der Waals surface area contributed by atoms with Gasteiger partial charge in [-0.25, -0.2) is 21.6 Å². The van der Waals surface area contributed by atoms with Gasteiger partial charge in [0.15, 0.2) is 17.5 Å². The molecule has 5 nitrogen and oxygen atoms in total. The van der Waals surface area contributed by atoms with Crippen molar-refractivity contribution in [1.29, 1.82) is 0 Å². The van der Waals surface area contributed by atoms with E-state index < -0.39 is 26.6 Å². The van der Waals surface area contributed by atoms with Crippen LogP contribution in [0.5, 0.6) is 0 Å². The highest BCUT2D eigenvalue weighted by atomic mass is 79.9. The molecule has 0 saturated heterocycles. The first-order chi connectivity index (χ1) is 12.2. The van der Waals surface area contributed by atoms with E-state index in [2.05, 4.69) is 25.8 Å². The number of hydrogen-bond donors (Lipinski definition) is 1. The summed E-state index contributed by atoms with van der Waals surface area (Å²) in [5.41, 5.74) is 0.761. The molecule has 2 aromatic carbocycles. The molecule has 1 heterocycles. The fourth-order valence-electron chi connectivity index (χ4n) is 2.15. The van der Waals surface area contributed by atoms with Crippen LogP contribution < -0.4 is 4.72 Å². The standard InChI is InChI=1S/C16H11BrF3N3O2S/c17-13-9-23(8-10-1-3-11(18)4-2-10)21-16(13)22-26(24,25)12-5-6-14(19)15(20)7-12/h1-7,9H,8H2,(H,21,22). The fraction of sp³-hybridized carbons (Fsp3) is 0.0625. The largest absolute Gasteiger partial charge is 0.265 e. The van der Waals surface area contributed by atoms with Gasteiger partial charge in [0, 0.05) is 6.20 Å². The maximum atomic E-state index is 13.3. The number of halogens is 4. The predicted octanol–water partition coefficient (Wildman–Crippen LogP) is 3.91. The Balaban J connectivity index is 1.82. The van der Waals surface area contributed by atoms with Gasteiger partial charge in [0.2, 0.25) is 0 Å². The monoisotopic (exact) mass is 445 g/mol. The van der Waals surface area contributed by atoms with Crippen LogP contribution in [-0.2, 0) is 16.6 Å². The van der Waals surface area contributed by atoms with Gasteiger partial charge in [-0.05, 0) is 51.8 Å². The first kappa shape index (κ1) is 18.5. The van der Waals surface area contributed by atoms with Gasteiger partial charge in [0.25, 0.3) is 10.0 Å². The summed E-state index contributed by atoms with van der Waals surface area (Å²) in [6.07, 6.45) is 1.53. The molecule has 0 radical (unpaired) electrons. The highest BCUT2D eigenvalue weighted by Crippen LogP contribution is 2.24. The van der Waals surface area contributed by atoms with Crippen molar-refractivity contribution in [2.45, 2.75) is 11.4 Å². The van der Waals surface area contributed by atoms with E-state index in [0.717, 1.165) is 17.7 Å². The number of hydrogen-bond acceptors (Lipinski definition) is 3. The van der Waals surface area contributed by atoms with Crippen LogP contribution in [0.15, 0.2) is 58.0 Å². The lowest BCUT2D eigenvalue weighted by atomic mass is 10.2. The Bertz CT molecular complexity index is 1050. The molecule has 3 rings (SSSR count). The summed E-state index contributed by atoms with van der Waals surface area (Å²) in [7, 11) is -4.15. The third-order valence-electron chi connectivity index (χ3n) is 3.41. The first-order valence-corrected chi connectivity index (χ1v) is 9.47. The van der Waals surface area contributed by atoms with Crippen LogP contribution >= 0.6 is 15.9 Å². The van der Waals surface area contributed by atoms with Crippen LogP contribution in [0.4, 0.5) is 19.0 Å². The van der Waals surface area contributed by atoms with Crippen LogP contribution in [0.25, 0.3) is 0 Å². The third kappa shape index (κ3) is 4.07. The summed E-state index contributed by atoms with van der Waals surface area (Å²) in [5.74, 6) is -2.80. The fourth-order valence-corrected chi connectivity index (χ4v) is 3.73. The number of benzene rings is 2. The molecule has 0 aliphatic heterocycles. The average Bonchev–Trinajstić information content (AvgIpc) is 2.91. The lowest BCUT2D eigenvalue weighted by molar-refractivity contribution is 0.504. The molecule has 0 unspecified atom stereocenters. The van der Waals surface area contributed by atoms with Gasteiger partial charge in [-0.3, -0.25) is 9.40 Å². The van der Waals surface area contributed by atoms with Crippen LogP contribution in [0, 0.1) is 17.5 Å². The predicted molar refractivity (Wildman–Crippen MR) is 92.6 cm³/mol. The Kier molecular flexibility index (Phi) is 5.05. The average molecular weight is 446 g/mol. The van der Waals surface area contributed by atoms with E-state index in [9.17, 15) is 21.6 Å². The van der Waals surface area contributed by atoms with E-state index >= 15 is 0 Å². The van der Waals surface area contributed by atoms with Crippen molar-refractivity contribution in [3.63, 3.8) is 0 Å². The minimum atomic E-state index is -4.15. The van der Waals surface area contributed by atoms with E-state index in [4.69, 9.17) is 0 Å². The number of sulfonamides is 1. The van der Waals surface area contributed by atoms with Gasteiger partial charge in [0.05, 0.1) is 15.9 Å². The molecule has 1 N–H and O–H groups in total. The quantitative estimate of drug-likeness (QED) is 0.647.